The molecule has 0 fully saturated rings. The molecule has 0 aliphatic heterocycles. The predicted octanol–water partition coefficient (Wildman–Crippen LogP) is 5.06. The van der Waals surface area contributed by atoms with E-state index in [4.69, 9.17) is 11.6 Å². The van der Waals surface area contributed by atoms with Crippen LogP contribution in [0, 0.1) is 0 Å². The zero-order chi connectivity index (χ0) is 13.1. The molecule has 0 saturated heterocycles. The summed E-state index contributed by atoms with van der Waals surface area (Å²) in [5, 5.41) is 3.04. The third kappa shape index (κ3) is 2.51. The van der Waals surface area contributed by atoms with E-state index in [0.717, 1.165) is 26.9 Å². The van der Waals surface area contributed by atoms with Crippen LogP contribution in [-0.2, 0) is 0 Å². The molecule has 0 N–H and O–H groups in total. The number of nitrogens with zero attached hydrogens (tertiary/aromatic N) is 1. The molecule has 1 aromatic heterocycles. The minimum Gasteiger partial charge on any atom is -0.265 e. The highest BCUT2D eigenvalue weighted by Crippen LogP contribution is 2.28. The van der Waals surface area contributed by atoms with Crippen molar-refractivity contribution in [2.75, 3.05) is 0 Å². The summed E-state index contributed by atoms with van der Waals surface area (Å²) in [5.74, 6) is 0. The van der Waals surface area contributed by atoms with Crippen LogP contribution in [0.4, 0.5) is 0 Å². The molecule has 0 bridgehead atoms. The van der Waals surface area contributed by atoms with Gasteiger partial charge in [-0.05, 0) is 28.6 Å². The number of aromatic nitrogens is 1. The number of benzene rings is 2. The van der Waals surface area contributed by atoms with E-state index in [9.17, 15) is 0 Å². The van der Waals surface area contributed by atoms with Crippen LogP contribution in [0.25, 0.3) is 22.9 Å². The van der Waals surface area contributed by atoms with Crippen molar-refractivity contribution in [3.8, 4) is 0 Å². The van der Waals surface area contributed by atoms with Crippen LogP contribution in [0.15, 0.2) is 60.9 Å². The largest absolute Gasteiger partial charge is 0.265 e. The quantitative estimate of drug-likeness (QED) is 0.631. The Morgan fingerprint density at radius 2 is 1.63 bits per heavy atom. The molecule has 0 spiro atoms. The molecule has 0 aliphatic rings. The van der Waals surface area contributed by atoms with Crippen molar-refractivity contribution in [3.05, 3.63) is 77.1 Å². The first kappa shape index (κ1) is 11.9. The van der Waals surface area contributed by atoms with Gasteiger partial charge in [-0.15, -0.1) is 0 Å². The fourth-order valence-corrected chi connectivity index (χ4v) is 2.34. The summed E-state index contributed by atoms with van der Waals surface area (Å²) in [7, 11) is 0. The first-order valence-corrected chi connectivity index (χ1v) is 6.48. The van der Waals surface area contributed by atoms with Gasteiger partial charge in [0.15, 0.2) is 0 Å². The molecular formula is C17H12ClN. The standard InChI is InChI=1S/C17H12ClN/c18-17-15(6-5-13-9-11-19-12-10-13)8-7-14-3-1-2-4-16(14)17/h1-12H/b6-5+. The Hall–Kier alpha value is -2.12. The van der Waals surface area contributed by atoms with Crippen LogP contribution in [0.2, 0.25) is 5.02 Å². The monoisotopic (exact) mass is 265 g/mol. The SMILES string of the molecule is Clc1c(/C=C/c2ccncc2)ccc2ccccc12. The van der Waals surface area contributed by atoms with Crippen molar-refractivity contribution in [1.29, 1.82) is 0 Å². The number of rotatable bonds is 2. The van der Waals surface area contributed by atoms with Crippen LogP contribution in [0.1, 0.15) is 11.1 Å². The lowest BCUT2D eigenvalue weighted by atomic mass is 10.1. The summed E-state index contributed by atoms with van der Waals surface area (Å²) in [6.45, 7) is 0. The Morgan fingerprint density at radius 3 is 2.47 bits per heavy atom. The molecule has 0 atom stereocenters. The van der Waals surface area contributed by atoms with E-state index in [2.05, 4.69) is 17.1 Å². The molecular weight excluding hydrogens is 254 g/mol. The first-order valence-electron chi connectivity index (χ1n) is 6.10. The van der Waals surface area contributed by atoms with Crippen LogP contribution < -0.4 is 0 Å². The van der Waals surface area contributed by atoms with E-state index in [-0.39, 0.29) is 0 Å². The maximum atomic E-state index is 6.44. The molecule has 2 heteroatoms. The lowest BCUT2D eigenvalue weighted by Gasteiger charge is -2.04. The summed E-state index contributed by atoms with van der Waals surface area (Å²) in [5.41, 5.74) is 2.14. The van der Waals surface area contributed by atoms with Crippen LogP contribution in [0.3, 0.4) is 0 Å². The summed E-state index contributed by atoms with van der Waals surface area (Å²) < 4.78 is 0. The second-order valence-electron chi connectivity index (χ2n) is 4.30. The minimum atomic E-state index is 0.795. The van der Waals surface area contributed by atoms with Gasteiger partial charge in [-0.25, -0.2) is 0 Å². The number of hydrogen-bond acceptors (Lipinski definition) is 1. The highest BCUT2D eigenvalue weighted by atomic mass is 35.5. The molecule has 0 unspecified atom stereocenters. The maximum absolute atomic E-state index is 6.44. The second-order valence-corrected chi connectivity index (χ2v) is 4.68. The van der Waals surface area contributed by atoms with Crippen LogP contribution in [0.5, 0.6) is 0 Å². The van der Waals surface area contributed by atoms with Gasteiger partial charge < -0.3 is 0 Å². The van der Waals surface area contributed by atoms with Gasteiger partial charge in [0.05, 0.1) is 5.02 Å². The molecule has 92 valence electrons. The summed E-state index contributed by atoms with van der Waals surface area (Å²) >= 11 is 6.44. The molecule has 2 aromatic carbocycles. The number of halogens is 1. The zero-order valence-electron chi connectivity index (χ0n) is 10.3. The Labute approximate surface area is 117 Å². The Morgan fingerprint density at radius 1 is 0.842 bits per heavy atom. The average molecular weight is 266 g/mol. The third-order valence-electron chi connectivity index (χ3n) is 3.05. The fourth-order valence-electron chi connectivity index (χ4n) is 2.04. The van der Waals surface area contributed by atoms with E-state index >= 15 is 0 Å². The van der Waals surface area contributed by atoms with E-state index in [1.165, 1.54) is 0 Å². The molecule has 19 heavy (non-hydrogen) atoms. The van der Waals surface area contributed by atoms with E-state index in [1.54, 1.807) is 12.4 Å². The van der Waals surface area contributed by atoms with Gasteiger partial charge in [0.1, 0.15) is 0 Å². The number of hydrogen-bond donors (Lipinski definition) is 0. The first-order chi connectivity index (χ1) is 9.34. The third-order valence-corrected chi connectivity index (χ3v) is 3.48. The minimum absolute atomic E-state index is 0.795. The van der Waals surface area contributed by atoms with E-state index < -0.39 is 0 Å². The smallest absolute Gasteiger partial charge is 0.0556 e. The van der Waals surface area contributed by atoms with Crippen LogP contribution in [-0.4, -0.2) is 4.98 Å². The van der Waals surface area contributed by atoms with Gasteiger partial charge >= 0.3 is 0 Å². The molecule has 0 aliphatic carbocycles. The average Bonchev–Trinajstić information content (AvgIpc) is 2.48. The lowest BCUT2D eigenvalue weighted by molar-refractivity contribution is 1.32. The predicted molar refractivity (Wildman–Crippen MR) is 82.1 cm³/mol. The summed E-state index contributed by atoms with van der Waals surface area (Å²) in [6, 6.07) is 16.2. The fraction of sp³-hybridized carbons (Fsp3) is 0. The lowest BCUT2D eigenvalue weighted by Crippen LogP contribution is -1.79. The van der Waals surface area contributed by atoms with Gasteiger partial charge in [-0.2, -0.15) is 0 Å². The normalized spacial score (nSPS) is 11.2. The van der Waals surface area contributed by atoms with Crippen molar-refractivity contribution in [1.82, 2.24) is 4.98 Å². The highest BCUT2D eigenvalue weighted by Gasteiger charge is 2.02. The number of fused-ring (bicyclic) bond motifs is 1. The van der Waals surface area contributed by atoms with Crippen molar-refractivity contribution < 1.29 is 0 Å². The molecule has 1 heterocycles. The molecule has 0 amide bonds. The van der Waals surface area contributed by atoms with Crippen LogP contribution >= 0.6 is 11.6 Å². The maximum Gasteiger partial charge on any atom is 0.0556 e. The number of pyridine rings is 1. The van der Waals surface area contributed by atoms with Crippen molar-refractivity contribution in [3.63, 3.8) is 0 Å². The van der Waals surface area contributed by atoms with Gasteiger partial charge in [-0.1, -0.05) is 60.2 Å². The second kappa shape index (κ2) is 5.25. The van der Waals surface area contributed by atoms with Crippen molar-refractivity contribution in [2.45, 2.75) is 0 Å². The highest BCUT2D eigenvalue weighted by molar-refractivity contribution is 6.37. The van der Waals surface area contributed by atoms with Crippen molar-refractivity contribution >= 4 is 34.5 Å². The molecule has 0 saturated carbocycles. The van der Waals surface area contributed by atoms with Crippen molar-refractivity contribution in [2.24, 2.45) is 0 Å². The topological polar surface area (TPSA) is 12.9 Å². The summed E-state index contributed by atoms with van der Waals surface area (Å²) in [4.78, 5) is 4.00. The Bertz CT molecular complexity index is 733. The summed E-state index contributed by atoms with van der Waals surface area (Å²) in [6.07, 6.45) is 7.63. The van der Waals surface area contributed by atoms with E-state index in [0.29, 0.717) is 0 Å². The molecule has 3 rings (SSSR count). The molecule has 3 aromatic rings. The van der Waals surface area contributed by atoms with E-state index in [1.807, 2.05) is 48.6 Å². The van der Waals surface area contributed by atoms with Gasteiger partial charge in [0.2, 0.25) is 0 Å². The molecule has 1 nitrogen and oxygen atoms in total. The van der Waals surface area contributed by atoms with Gasteiger partial charge in [0, 0.05) is 17.8 Å². The van der Waals surface area contributed by atoms with Gasteiger partial charge in [0.25, 0.3) is 0 Å². The Kier molecular flexibility index (Phi) is 3.30. The Balaban J connectivity index is 2.02. The van der Waals surface area contributed by atoms with Gasteiger partial charge in [-0.3, -0.25) is 4.98 Å². The zero-order valence-corrected chi connectivity index (χ0v) is 11.0. The molecule has 0 radical (unpaired) electrons.